The molecule has 2 aromatic rings. The van der Waals surface area contributed by atoms with Crippen molar-refractivity contribution in [2.75, 3.05) is 11.9 Å². The highest BCUT2D eigenvalue weighted by Crippen LogP contribution is 2.31. The van der Waals surface area contributed by atoms with E-state index >= 15 is 0 Å². The number of nitriles is 1. The fraction of sp³-hybridized carbons (Fsp3) is 0.333. The Morgan fingerprint density at radius 2 is 2.16 bits per heavy atom. The predicted molar refractivity (Wildman–Crippen MR) is 73.7 cm³/mol. The van der Waals surface area contributed by atoms with Crippen LogP contribution in [0.4, 0.5) is 5.82 Å². The maximum atomic E-state index is 10.1. The van der Waals surface area contributed by atoms with Crippen molar-refractivity contribution < 1.29 is 5.11 Å². The fourth-order valence-electron chi connectivity index (χ4n) is 2.38. The molecule has 0 saturated heterocycles. The SMILES string of the molecule is N#Cc1cc(NCC2(O)CCC2)nc2ccccc12. The summed E-state index contributed by atoms with van der Waals surface area (Å²) in [5.74, 6) is 0.649. The Balaban J connectivity index is 1.89. The van der Waals surface area contributed by atoms with E-state index in [1.54, 1.807) is 6.07 Å². The van der Waals surface area contributed by atoms with Gasteiger partial charge in [-0.2, -0.15) is 5.26 Å². The van der Waals surface area contributed by atoms with Gasteiger partial charge in [0.25, 0.3) is 0 Å². The average Bonchev–Trinajstić information content (AvgIpc) is 2.42. The third kappa shape index (κ3) is 2.25. The van der Waals surface area contributed by atoms with Crippen LogP contribution in [0.3, 0.4) is 0 Å². The van der Waals surface area contributed by atoms with Crippen LogP contribution in [0, 0.1) is 11.3 Å². The van der Waals surface area contributed by atoms with Gasteiger partial charge in [-0.3, -0.25) is 0 Å². The van der Waals surface area contributed by atoms with Crippen molar-refractivity contribution in [3.63, 3.8) is 0 Å². The monoisotopic (exact) mass is 253 g/mol. The number of benzene rings is 1. The molecule has 4 heteroatoms. The van der Waals surface area contributed by atoms with Gasteiger partial charge in [0.2, 0.25) is 0 Å². The van der Waals surface area contributed by atoms with Gasteiger partial charge in [-0.05, 0) is 31.4 Å². The van der Waals surface area contributed by atoms with Crippen LogP contribution in [0.1, 0.15) is 24.8 Å². The van der Waals surface area contributed by atoms with E-state index in [0.717, 1.165) is 30.2 Å². The third-order valence-electron chi connectivity index (χ3n) is 3.72. The first-order valence-electron chi connectivity index (χ1n) is 6.46. The topological polar surface area (TPSA) is 68.9 Å². The number of anilines is 1. The number of nitrogens with one attached hydrogen (secondary N) is 1. The average molecular weight is 253 g/mol. The van der Waals surface area contributed by atoms with E-state index in [1.165, 1.54) is 0 Å². The maximum absolute atomic E-state index is 10.1. The van der Waals surface area contributed by atoms with Crippen molar-refractivity contribution in [1.29, 1.82) is 5.26 Å². The van der Waals surface area contributed by atoms with Crippen LogP contribution in [0.15, 0.2) is 30.3 Å². The van der Waals surface area contributed by atoms with Gasteiger partial charge in [0.15, 0.2) is 0 Å². The van der Waals surface area contributed by atoms with Gasteiger partial charge in [0, 0.05) is 11.9 Å². The van der Waals surface area contributed by atoms with Gasteiger partial charge in [0.1, 0.15) is 5.82 Å². The molecule has 2 N–H and O–H groups in total. The molecule has 96 valence electrons. The van der Waals surface area contributed by atoms with Crippen LogP contribution in [0.5, 0.6) is 0 Å². The van der Waals surface area contributed by atoms with Crippen molar-refractivity contribution in [2.45, 2.75) is 24.9 Å². The van der Waals surface area contributed by atoms with E-state index in [-0.39, 0.29) is 0 Å². The Kier molecular flexibility index (Phi) is 2.84. The van der Waals surface area contributed by atoms with Crippen molar-refractivity contribution in [3.05, 3.63) is 35.9 Å². The molecule has 4 nitrogen and oxygen atoms in total. The lowest BCUT2D eigenvalue weighted by atomic mass is 9.80. The lowest BCUT2D eigenvalue weighted by Gasteiger charge is -2.36. The molecule has 1 aliphatic carbocycles. The van der Waals surface area contributed by atoms with Crippen molar-refractivity contribution in [3.8, 4) is 6.07 Å². The zero-order chi connectivity index (χ0) is 13.3. The smallest absolute Gasteiger partial charge is 0.128 e. The molecule has 1 fully saturated rings. The summed E-state index contributed by atoms with van der Waals surface area (Å²) in [4.78, 5) is 4.47. The summed E-state index contributed by atoms with van der Waals surface area (Å²) in [6.45, 7) is 0.489. The van der Waals surface area contributed by atoms with Crippen LogP contribution < -0.4 is 5.32 Å². The highest BCUT2D eigenvalue weighted by Gasteiger charge is 2.34. The summed E-state index contributed by atoms with van der Waals surface area (Å²) in [7, 11) is 0. The first kappa shape index (κ1) is 11.9. The summed E-state index contributed by atoms with van der Waals surface area (Å²) >= 11 is 0. The van der Waals surface area contributed by atoms with Gasteiger partial charge >= 0.3 is 0 Å². The minimum absolute atomic E-state index is 0.489. The molecule has 0 aliphatic heterocycles. The number of fused-ring (bicyclic) bond motifs is 1. The molecule has 1 heterocycles. The van der Waals surface area contributed by atoms with Crippen LogP contribution in [0.25, 0.3) is 10.9 Å². The van der Waals surface area contributed by atoms with Crippen LogP contribution in [0.2, 0.25) is 0 Å². The summed E-state index contributed by atoms with van der Waals surface area (Å²) < 4.78 is 0. The number of pyridine rings is 1. The third-order valence-corrected chi connectivity index (χ3v) is 3.72. The quantitative estimate of drug-likeness (QED) is 0.881. The Labute approximate surface area is 111 Å². The first-order chi connectivity index (χ1) is 9.20. The second-order valence-electron chi connectivity index (χ2n) is 5.12. The summed E-state index contributed by atoms with van der Waals surface area (Å²) in [5, 5.41) is 23.2. The van der Waals surface area contributed by atoms with Crippen LogP contribution >= 0.6 is 0 Å². The Bertz CT molecular complexity index is 656. The number of para-hydroxylation sites is 1. The molecular weight excluding hydrogens is 238 g/mol. The molecule has 0 spiro atoms. The van der Waals surface area contributed by atoms with E-state index in [0.29, 0.717) is 17.9 Å². The molecule has 3 rings (SSSR count). The number of rotatable bonds is 3. The predicted octanol–water partition coefficient (Wildman–Crippen LogP) is 2.43. The lowest BCUT2D eigenvalue weighted by Crippen LogP contribution is -2.43. The molecule has 0 radical (unpaired) electrons. The number of hydrogen-bond acceptors (Lipinski definition) is 4. The van der Waals surface area contributed by atoms with Gasteiger partial charge < -0.3 is 10.4 Å². The molecule has 1 aliphatic rings. The number of hydrogen-bond donors (Lipinski definition) is 2. The van der Waals surface area contributed by atoms with Crippen LogP contribution in [-0.4, -0.2) is 22.2 Å². The Morgan fingerprint density at radius 1 is 1.37 bits per heavy atom. The fourth-order valence-corrected chi connectivity index (χ4v) is 2.38. The minimum atomic E-state index is -0.597. The largest absolute Gasteiger partial charge is 0.388 e. The summed E-state index contributed by atoms with van der Waals surface area (Å²) in [5.41, 5.74) is 0.804. The van der Waals surface area contributed by atoms with Crippen molar-refractivity contribution in [1.82, 2.24) is 4.98 Å². The minimum Gasteiger partial charge on any atom is -0.388 e. The normalized spacial score (nSPS) is 16.6. The lowest BCUT2D eigenvalue weighted by molar-refractivity contribution is -0.0202. The summed E-state index contributed by atoms with van der Waals surface area (Å²) in [6.07, 6.45) is 2.74. The Morgan fingerprint density at radius 3 is 2.84 bits per heavy atom. The van der Waals surface area contributed by atoms with Crippen molar-refractivity contribution in [2.24, 2.45) is 0 Å². The van der Waals surface area contributed by atoms with Gasteiger partial charge in [-0.15, -0.1) is 0 Å². The zero-order valence-electron chi connectivity index (χ0n) is 10.6. The van der Waals surface area contributed by atoms with E-state index < -0.39 is 5.60 Å². The highest BCUT2D eigenvalue weighted by molar-refractivity contribution is 5.86. The van der Waals surface area contributed by atoms with Gasteiger partial charge in [0.05, 0.1) is 22.8 Å². The molecule has 1 aromatic carbocycles. The number of aliphatic hydroxyl groups is 1. The standard InChI is InChI=1S/C15H15N3O/c16-9-11-8-14(17-10-15(19)6-3-7-15)18-13-5-2-1-4-12(11)13/h1-2,4-5,8,19H,3,6-7,10H2,(H,17,18). The second kappa shape index (κ2) is 4.52. The maximum Gasteiger partial charge on any atom is 0.128 e. The molecule has 0 amide bonds. The molecule has 0 bridgehead atoms. The molecule has 0 atom stereocenters. The Hall–Kier alpha value is -2.12. The second-order valence-corrected chi connectivity index (χ2v) is 5.12. The molecular formula is C15H15N3O. The molecule has 0 unspecified atom stereocenters. The van der Waals surface area contributed by atoms with Crippen LogP contribution in [-0.2, 0) is 0 Å². The number of aromatic nitrogens is 1. The van der Waals surface area contributed by atoms with Gasteiger partial charge in [-0.25, -0.2) is 4.98 Å². The van der Waals surface area contributed by atoms with Gasteiger partial charge in [-0.1, -0.05) is 18.2 Å². The van der Waals surface area contributed by atoms with E-state index in [4.69, 9.17) is 0 Å². The molecule has 19 heavy (non-hydrogen) atoms. The first-order valence-corrected chi connectivity index (χ1v) is 6.46. The van der Waals surface area contributed by atoms with E-state index in [9.17, 15) is 10.4 Å². The zero-order valence-corrected chi connectivity index (χ0v) is 10.6. The molecule has 1 saturated carbocycles. The van der Waals surface area contributed by atoms with E-state index in [2.05, 4.69) is 16.4 Å². The molecule has 1 aromatic heterocycles. The summed E-state index contributed by atoms with van der Waals surface area (Å²) in [6, 6.07) is 11.5. The van der Waals surface area contributed by atoms with E-state index in [1.807, 2.05) is 24.3 Å². The highest BCUT2D eigenvalue weighted by atomic mass is 16.3. The number of nitrogens with zero attached hydrogens (tertiary/aromatic N) is 2. The van der Waals surface area contributed by atoms with Crippen molar-refractivity contribution >= 4 is 16.7 Å².